The second kappa shape index (κ2) is 7.76. The molecule has 19 heavy (non-hydrogen) atoms. The van der Waals surface area contributed by atoms with Crippen molar-refractivity contribution in [2.24, 2.45) is 11.8 Å². The maximum atomic E-state index is 12.0. The molecule has 110 valence electrons. The minimum Gasteiger partial charge on any atom is -0.481 e. The smallest absolute Gasteiger partial charge is 0.307 e. The molecule has 0 saturated carbocycles. The van der Waals surface area contributed by atoms with Crippen molar-refractivity contribution >= 4 is 17.8 Å². The molecule has 1 N–H and O–H groups in total. The molecule has 6 nitrogen and oxygen atoms in total. The monoisotopic (exact) mass is 272 g/mol. The summed E-state index contributed by atoms with van der Waals surface area (Å²) in [7, 11) is 1.52. The zero-order chi connectivity index (χ0) is 15.2. The van der Waals surface area contributed by atoms with Crippen LogP contribution in [0.15, 0.2) is 0 Å². The molecule has 0 aromatic heterocycles. The third-order valence-electron chi connectivity index (χ3n) is 3.39. The Balaban J connectivity index is 4.58. The highest BCUT2D eigenvalue weighted by molar-refractivity contribution is 5.88. The van der Waals surface area contributed by atoms with E-state index in [1.165, 1.54) is 18.9 Å². The lowest BCUT2D eigenvalue weighted by Gasteiger charge is -2.26. The summed E-state index contributed by atoms with van der Waals surface area (Å²) in [5, 5.41) is 8.88. The largest absolute Gasteiger partial charge is 0.481 e. The van der Waals surface area contributed by atoms with Gasteiger partial charge in [-0.1, -0.05) is 13.8 Å². The standard InChI is InChI=1S/C13H24N2O4/c1-6-15(7-2)11(16)8-14(5)12(17)9(3)10(4)13(18)19/h9-10H,6-8H2,1-5H3,(H,18,19). The zero-order valence-electron chi connectivity index (χ0n) is 12.3. The fourth-order valence-electron chi connectivity index (χ4n) is 1.73. The Morgan fingerprint density at radius 1 is 1.05 bits per heavy atom. The van der Waals surface area contributed by atoms with E-state index in [-0.39, 0.29) is 18.4 Å². The van der Waals surface area contributed by atoms with Gasteiger partial charge < -0.3 is 14.9 Å². The number of amides is 2. The second-order valence-corrected chi connectivity index (χ2v) is 4.68. The fraction of sp³-hybridized carbons (Fsp3) is 0.769. The van der Waals surface area contributed by atoms with Crippen molar-refractivity contribution in [3.8, 4) is 0 Å². The molecule has 0 saturated heterocycles. The lowest BCUT2D eigenvalue weighted by Crippen LogP contribution is -2.44. The van der Waals surface area contributed by atoms with Gasteiger partial charge in [0.05, 0.1) is 12.5 Å². The van der Waals surface area contributed by atoms with Gasteiger partial charge in [-0.05, 0) is 13.8 Å². The lowest BCUT2D eigenvalue weighted by atomic mass is 9.95. The van der Waals surface area contributed by atoms with Crippen molar-refractivity contribution < 1.29 is 19.5 Å². The van der Waals surface area contributed by atoms with E-state index in [0.717, 1.165) is 0 Å². The Hall–Kier alpha value is -1.59. The van der Waals surface area contributed by atoms with Crippen LogP contribution in [0.4, 0.5) is 0 Å². The Bertz CT molecular complexity index is 340. The molecule has 0 spiro atoms. The molecule has 0 aliphatic heterocycles. The molecule has 0 radical (unpaired) electrons. The van der Waals surface area contributed by atoms with Gasteiger partial charge >= 0.3 is 5.97 Å². The highest BCUT2D eigenvalue weighted by atomic mass is 16.4. The molecular formula is C13H24N2O4. The van der Waals surface area contributed by atoms with Crippen molar-refractivity contribution in [2.45, 2.75) is 27.7 Å². The molecule has 0 aliphatic carbocycles. The molecule has 0 heterocycles. The fourth-order valence-corrected chi connectivity index (χ4v) is 1.73. The van der Waals surface area contributed by atoms with Gasteiger partial charge in [-0.15, -0.1) is 0 Å². The molecule has 0 aromatic rings. The van der Waals surface area contributed by atoms with E-state index in [0.29, 0.717) is 13.1 Å². The van der Waals surface area contributed by atoms with E-state index in [9.17, 15) is 14.4 Å². The van der Waals surface area contributed by atoms with E-state index in [4.69, 9.17) is 5.11 Å². The molecule has 0 aromatic carbocycles. The maximum absolute atomic E-state index is 12.0. The summed E-state index contributed by atoms with van der Waals surface area (Å²) in [4.78, 5) is 37.7. The van der Waals surface area contributed by atoms with Gasteiger partial charge in [0.15, 0.2) is 0 Å². The van der Waals surface area contributed by atoms with Crippen molar-refractivity contribution in [3.05, 3.63) is 0 Å². The van der Waals surface area contributed by atoms with E-state index >= 15 is 0 Å². The predicted octanol–water partition coefficient (Wildman–Crippen LogP) is 0.670. The Morgan fingerprint density at radius 2 is 1.53 bits per heavy atom. The normalized spacial score (nSPS) is 13.5. The molecular weight excluding hydrogens is 248 g/mol. The topological polar surface area (TPSA) is 77.9 Å². The summed E-state index contributed by atoms with van der Waals surface area (Å²) in [5.74, 6) is -2.87. The first kappa shape index (κ1) is 17.4. The summed E-state index contributed by atoms with van der Waals surface area (Å²) in [6.07, 6.45) is 0. The number of carboxylic acids is 1. The van der Waals surface area contributed by atoms with Crippen LogP contribution in [0.5, 0.6) is 0 Å². The van der Waals surface area contributed by atoms with Gasteiger partial charge in [0.2, 0.25) is 11.8 Å². The van der Waals surface area contributed by atoms with Crippen molar-refractivity contribution in [1.29, 1.82) is 0 Å². The van der Waals surface area contributed by atoms with Gasteiger partial charge in [0, 0.05) is 26.1 Å². The van der Waals surface area contributed by atoms with Gasteiger partial charge in [0.1, 0.15) is 0 Å². The van der Waals surface area contributed by atoms with Crippen LogP contribution in [0.25, 0.3) is 0 Å². The Labute approximate surface area is 114 Å². The molecule has 0 bridgehead atoms. The summed E-state index contributed by atoms with van der Waals surface area (Å²) in [6, 6.07) is 0. The van der Waals surface area contributed by atoms with Gasteiger partial charge in [-0.25, -0.2) is 0 Å². The zero-order valence-corrected chi connectivity index (χ0v) is 12.3. The number of hydrogen-bond acceptors (Lipinski definition) is 3. The lowest BCUT2D eigenvalue weighted by molar-refractivity contribution is -0.149. The first-order valence-electron chi connectivity index (χ1n) is 6.51. The Kier molecular flexibility index (Phi) is 7.11. The molecule has 0 rings (SSSR count). The van der Waals surface area contributed by atoms with Crippen molar-refractivity contribution in [1.82, 2.24) is 9.80 Å². The predicted molar refractivity (Wildman–Crippen MR) is 71.5 cm³/mol. The second-order valence-electron chi connectivity index (χ2n) is 4.68. The van der Waals surface area contributed by atoms with Crippen molar-refractivity contribution in [2.75, 3.05) is 26.7 Å². The average Bonchev–Trinajstić information content (AvgIpc) is 2.37. The minimum absolute atomic E-state index is 0.0167. The number of nitrogens with zero attached hydrogens (tertiary/aromatic N) is 2. The highest BCUT2D eigenvalue weighted by Crippen LogP contribution is 2.14. The van der Waals surface area contributed by atoms with Crippen LogP contribution in [-0.4, -0.2) is 59.4 Å². The summed E-state index contributed by atoms with van der Waals surface area (Å²) in [5.41, 5.74) is 0. The van der Waals surface area contributed by atoms with Crippen LogP contribution in [0.2, 0.25) is 0 Å². The first-order chi connectivity index (χ1) is 8.76. The number of rotatable bonds is 7. The SMILES string of the molecule is CCN(CC)C(=O)CN(C)C(=O)C(C)C(C)C(=O)O. The van der Waals surface area contributed by atoms with E-state index < -0.39 is 17.8 Å². The third kappa shape index (κ3) is 4.89. The molecule has 0 aliphatic rings. The van der Waals surface area contributed by atoms with E-state index in [1.807, 2.05) is 13.8 Å². The molecule has 2 unspecified atom stereocenters. The number of carboxylic acid groups (broad SMARTS) is 1. The average molecular weight is 272 g/mol. The van der Waals surface area contributed by atoms with Crippen LogP contribution in [-0.2, 0) is 14.4 Å². The highest BCUT2D eigenvalue weighted by Gasteiger charge is 2.29. The number of hydrogen-bond donors (Lipinski definition) is 1. The molecule has 2 amide bonds. The number of carbonyl (C=O) groups excluding carboxylic acids is 2. The maximum Gasteiger partial charge on any atom is 0.307 e. The first-order valence-corrected chi connectivity index (χ1v) is 6.51. The van der Waals surface area contributed by atoms with Crippen LogP contribution in [0, 0.1) is 11.8 Å². The Morgan fingerprint density at radius 3 is 1.89 bits per heavy atom. The number of likely N-dealkylation sites (N-methyl/N-ethyl adjacent to an activating group) is 2. The van der Waals surface area contributed by atoms with Crippen LogP contribution in [0.3, 0.4) is 0 Å². The van der Waals surface area contributed by atoms with Gasteiger partial charge in [0.25, 0.3) is 0 Å². The molecule has 6 heteroatoms. The van der Waals surface area contributed by atoms with Crippen molar-refractivity contribution in [3.63, 3.8) is 0 Å². The quantitative estimate of drug-likeness (QED) is 0.739. The molecule has 2 atom stereocenters. The van der Waals surface area contributed by atoms with Crippen LogP contribution >= 0.6 is 0 Å². The van der Waals surface area contributed by atoms with E-state index in [1.54, 1.807) is 11.8 Å². The van der Waals surface area contributed by atoms with Gasteiger partial charge in [-0.2, -0.15) is 0 Å². The minimum atomic E-state index is -1.01. The van der Waals surface area contributed by atoms with Gasteiger partial charge in [-0.3, -0.25) is 14.4 Å². The van der Waals surface area contributed by atoms with E-state index in [2.05, 4.69) is 0 Å². The number of carbonyl (C=O) groups is 3. The molecule has 0 fully saturated rings. The third-order valence-corrected chi connectivity index (χ3v) is 3.39. The van der Waals surface area contributed by atoms with Crippen LogP contribution < -0.4 is 0 Å². The summed E-state index contributed by atoms with van der Waals surface area (Å²) >= 11 is 0. The summed E-state index contributed by atoms with van der Waals surface area (Å²) in [6.45, 7) is 7.98. The summed E-state index contributed by atoms with van der Waals surface area (Å²) < 4.78 is 0. The number of aliphatic carboxylic acids is 1. The van der Waals surface area contributed by atoms with Crippen LogP contribution in [0.1, 0.15) is 27.7 Å².